The predicted octanol–water partition coefficient (Wildman–Crippen LogP) is 1.97. The van der Waals surface area contributed by atoms with Crippen LogP contribution in [0.4, 0.5) is 0 Å². The van der Waals surface area contributed by atoms with Gasteiger partial charge in [-0.25, -0.2) is 0 Å². The molecule has 0 fully saturated rings. The van der Waals surface area contributed by atoms with Crippen molar-refractivity contribution >= 4 is 0 Å². The van der Waals surface area contributed by atoms with Gasteiger partial charge in [-0.2, -0.15) is 0 Å². The zero-order valence-corrected chi connectivity index (χ0v) is 7.96. The monoisotopic (exact) mass is 164 g/mol. The molecule has 2 N–H and O–H groups in total. The van der Waals surface area contributed by atoms with Crippen LogP contribution in [0.1, 0.15) is 31.5 Å². The van der Waals surface area contributed by atoms with Gasteiger partial charge in [0.1, 0.15) is 0 Å². The lowest BCUT2D eigenvalue weighted by molar-refractivity contribution is 0.459. The second-order valence-electron chi connectivity index (χ2n) is 3.44. The Morgan fingerprint density at radius 2 is 2.25 bits per heavy atom. The van der Waals surface area contributed by atoms with Crippen LogP contribution in [0.15, 0.2) is 18.3 Å². The Kier molecular flexibility index (Phi) is 2.48. The third-order valence-corrected chi connectivity index (χ3v) is 2.28. The summed E-state index contributed by atoms with van der Waals surface area (Å²) in [6.45, 7) is 6.14. The molecular formula is C10H16N2. The molecule has 0 spiro atoms. The fourth-order valence-corrected chi connectivity index (χ4v) is 1.25. The van der Waals surface area contributed by atoms with E-state index in [-0.39, 0.29) is 5.54 Å². The van der Waals surface area contributed by atoms with Gasteiger partial charge in [-0.1, -0.05) is 13.0 Å². The molecule has 1 aromatic heterocycles. The van der Waals surface area contributed by atoms with Crippen molar-refractivity contribution in [2.75, 3.05) is 0 Å². The van der Waals surface area contributed by atoms with Crippen LogP contribution >= 0.6 is 0 Å². The summed E-state index contributed by atoms with van der Waals surface area (Å²) in [6.07, 6.45) is 2.70. The molecule has 0 aliphatic rings. The smallest absolute Gasteiger partial charge is 0.0628 e. The van der Waals surface area contributed by atoms with Crippen molar-refractivity contribution < 1.29 is 0 Å². The Balaban J connectivity index is 3.10. The molecule has 1 atom stereocenters. The number of aromatic nitrogens is 1. The molecule has 0 bridgehead atoms. The van der Waals surface area contributed by atoms with Gasteiger partial charge in [-0.05, 0) is 31.9 Å². The van der Waals surface area contributed by atoms with Crippen LogP contribution in [0.3, 0.4) is 0 Å². The van der Waals surface area contributed by atoms with E-state index < -0.39 is 0 Å². The molecule has 2 nitrogen and oxygen atoms in total. The Bertz CT molecular complexity index is 266. The number of aryl methyl sites for hydroxylation is 1. The Morgan fingerprint density at radius 1 is 1.58 bits per heavy atom. The van der Waals surface area contributed by atoms with Crippen LogP contribution in [-0.4, -0.2) is 4.98 Å². The highest BCUT2D eigenvalue weighted by atomic mass is 14.8. The van der Waals surface area contributed by atoms with Crippen LogP contribution in [0, 0.1) is 6.92 Å². The number of hydrogen-bond donors (Lipinski definition) is 1. The molecule has 0 radical (unpaired) electrons. The molecule has 2 heteroatoms. The molecule has 0 amide bonds. The van der Waals surface area contributed by atoms with Gasteiger partial charge in [-0.3, -0.25) is 4.98 Å². The lowest BCUT2D eigenvalue weighted by Gasteiger charge is -2.23. The summed E-state index contributed by atoms with van der Waals surface area (Å²) in [7, 11) is 0. The second kappa shape index (κ2) is 3.23. The molecule has 0 aliphatic heterocycles. The average molecular weight is 164 g/mol. The standard InChI is InChI=1S/C10H16N2/c1-4-10(3,11)9-8(2)6-5-7-12-9/h5-7H,4,11H2,1-3H3. The van der Waals surface area contributed by atoms with Crippen molar-refractivity contribution in [1.29, 1.82) is 0 Å². The van der Waals surface area contributed by atoms with E-state index in [1.54, 1.807) is 6.20 Å². The van der Waals surface area contributed by atoms with Crippen molar-refractivity contribution in [3.63, 3.8) is 0 Å². The second-order valence-corrected chi connectivity index (χ2v) is 3.44. The van der Waals surface area contributed by atoms with Gasteiger partial charge in [0.25, 0.3) is 0 Å². The zero-order valence-electron chi connectivity index (χ0n) is 7.96. The maximum Gasteiger partial charge on any atom is 0.0628 e. The van der Waals surface area contributed by atoms with E-state index in [4.69, 9.17) is 5.73 Å². The van der Waals surface area contributed by atoms with Gasteiger partial charge in [-0.15, -0.1) is 0 Å². The number of rotatable bonds is 2. The van der Waals surface area contributed by atoms with Crippen molar-refractivity contribution in [3.8, 4) is 0 Å². The molecule has 0 saturated heterocycles. The Hall–Kier alpha value is -0.890. The van der Waals surface area contributed by atoms with E-state index in [0.29, 0.717) is 0 Å². The summed E-state index contributed by atoms with van der Waals surface area (Å²) in [5, 5.41) is 0. The summed E-state index contributed by atoms with van der Waals surface area (Å²) < 4.78 is 0. The van der Waals surface area contributed by atoms with Crippen LogP contribution < -0.4 is 5.73 Å². The van der Waals surface area contributed by atoms with Gasteiger partial charge >= 0.3 is 0 Å². The Labute approximate surface area is 73.8 Å². The van der Waals surface area contributed by atoms with Crippen LogP contribution in [-0.2, 0) is 5.54 Å². The highest BCUT2D eigenvalue weighted by Gasteiger charge is 2.21. The Morgan fingerprint density at radius 3 is 2.75 bits per heavy atom. The summed E-state index contributed by atoms with van der Waals surface area (Å²) in [4.78, 5) is 4.30. The zero-order chi connectivity index (χ0) is 9.19. The fourth-order valence-electron chi connectivity index (χ4n) is 1.25. The van der Waals surface area contributed by atoms with Crippen molar-refractivity contribution in [2.24, 2.45) is 5.73 Å². The molecule has 66 valence electrons. The molecule has 0 saturated carbocycles. The molecule has 12 heavy (non-hydrogen) atoms. The van der Waals surface area contributed by atoms with Crippen molar-refractivity contribution in [2.45, 2.75) is 32.7 Å². The van der Waals surface area contributed by atoms with Gasteiger partial charge in [0.2, 0.25) is 0 Å². The van der Waals surface area contributed by atoms with Gasteiger partial charge in [0.05, 0.1) is 11.2 Å². The third kappa shape index (κ3) is 1.64. The van der Waals surface area contributed by atoms with E-state index >= 15 is 0 Å². The first-order valence-electron chi connectivity index (χ1n) is 4.29. The van der Waals surface area contributed by atoms with Gasteiger partial charge < -0.3 is 5.73 Å². The first-order chi connectivity index (χ1) is 5.58. The third-order valence-electron chi connectivity index (χ3n) is 2.28. The maximum atomic E-state index is 6.08. The quantitative estimate of drug-likeness (QED) is 0.725. The van der Waals surface area contributed by atoms with E-state index in [0.717, 1.165) is 12.1 Å². The minimum absolute atomic E-state index is 0.286. The topological polar surface area (TPSA) is 38.9 Å². The number of hydrogen-bond acceptors (Lipinski definition) is 2. The summed E-state index contributed by atoms with van der Waals surface area (Å²) in [6, 6.07) is 3.98. The molecule has 1 rings (SSSR count). The predicted molar refractivity (Wildman–Crippen MR) is 50.8 cm³/mol. The van der Waals surface area contributed by atoms with E-state index in [1.807, 2.05) is 26.0 Å². The molecule has 1 aromatic rings. The van der Waals surface area contributed by atoms with Gasteiger partial charge in [0, 0.05) is 6.20 Å². The molecular weight excluding hydrogens is 148 g/mol. The van der Waals surface area contributed by atoms with E-state index in [1.165, 1.54) is 5.56 Å². The molecule has 0 aliphatic carbocycles. The first kappa shape index (κ1) is 9.20. The van der Waals surface area contributed by atoms with E-state index in [2.05, 4.69) is 11.9 Å². The van der Waals surface area contributed by atoms with Crippen LogP contribution in [0.5, 0.6) is 0 Å². The fraction of sp³-hybridized carbons (Fsp3) is 0.500. The molecule has 1 unspecified atom stereocenters. The van der Waals surface area contributed by atoms with Crippen LogP contribution in [0.2, 0.25) is 0 Å². The molecule has 0 aromatic carbocycles. The number of nitrogens with two attached hydrogens (primary N) is 1. The summed E-state index contributed by atoms with van der Waals surface area (Å²) in [5.41, 5.74) is 7.97. The highest BCUT2D eigenvalue weighted by molar-refractivity contribution is 5.24. The summed E-state index contributed by atoms with van der Waals surface area (Å²) >= 11 is 0. The van der Waals surface area contributed by atoms with Crippen LogP contribution in [0.25, 0.3) is 0 Å². The highest BCUT2D eigenvalue weighted by Crippen LogP contribution is 2.21. The SMILES string of the molecule is CCC(C)(N)c1ncccc1C. The largest absolute Gasteiger partial charge is 0.320 e. The number of nitrogens with zero attached hydrogens (tertiary/aromatic N) is 1. The average Bonchev–Trinajstić information content (AvgIpc) is 2.05. The van der Waals surface area contributed by atoms with Crippen molar-refractivity contribution in [1.82, 2.24) is 4.98 Å². The number of pyridine rings is 1. The first-order valence-corrected chi connectivity index (χ1v) is 4.29. The lowest BCUT2D eigenvalue weighted by Crippen LogP contribution is -2.33. The summed E-state index contributed by atoms with van der Waals surface area (Å²) in [5.74, 6) is 0. The minimum Gasteiger partial charge on any atom is -0.320 e. The molecule has 1 heterocycles. The lowest BCUT2D eigenvalue weighted by atomic mass is 9.92. The maximum absolute atomic E-state index is 6.08. The van der Waals surface area contributed by atoms with Gasteiger partial charge in [0.15, 0.2) is 0 Å². The van der Waals surface area contributed by atoms with Crippen molar-refractivity contribution in [3.05, 3.63) is 29.6 Å². The normalized spacial score (nSPS) is 15.7. The minimum atomic E-state index is -0.286. The van der Waals surface area contributed by atoms with E-state index in [9.17, 15) is 0 Å².